The van der Waals surface area contributed by atoms with Crippen molar-refractivity contribution in [3.63, 3.8) is 0 Å². The molecule has 2 aromatic rings. The Kier molecular flexibility index (Phi) is 6.19. The van der Waals surface area contributed by atoms with Crippen LogP contribution in [0.5, 0.6) is 0 Å². The summed E-state index contributed by atoms with van der Waals surface area (Å²) in [5, 5.41) is 13.9. The number of alkyl halides is 4. The zero-order chi connectivity index (χ0) is 22.8. The Hall–Kier alpha value is -3.56. The minimum atomic E-state index is -4.50. The van der Waals surface area contributed by atoms with Gasteiger partial charge in [0.1, 0.15) is 6.17 Å². The van der Waals surface area contributed by atoms with Gasteiger partial charge in [-0.1, -0.05) is 19.1 Å². The molecule has 0 spiro atoms. The van der Waals surface area contributed by atoms with Crippen molar-refractivity contribution in [2.45, 2.75) is 25.8 Å². The molecular formula is C21H17F4N3O3. The number of carbonyl (C=O) groups is 1. The summed E-state index contributed by atoms with van der Waals surface area (Å²) in [7, 11) is 0. The number of carbonyl (C=O) groups excluding carboxylic acids is 1. The number of hydrogen-bond acceptors (Lipinski definition) is 4. The highest BCUT2D eigenvalue weighted by molar-refractivity contribution is 5.95. The van der Waals surface area contributed by atoms with E-state index in [4.69, 9.17) is 0 Å². The largest absolute Gasteiger partial charge is 0.416 e. The summed E-state index contributed by atoms with van der Waals surface area (Å²) >= 11 is 0. The fourth-order valence-electron chi connectivity index (χ4n) is 3.06. The Labute approximate surface area is 174 Å². The molecule has 10 heteroatoms. The number of nitrogens with zero attached hydrogens (tertiary/aromatic N) is 2. The molecule has 1 heterocycles. The molecule has 0 saturated carbocycles. The summed E-state index contributed by atoms with van der Waals surface area (Å²) < 4.78 is 52.5. The first-order valence-electron chi connectivity index (χ1n) is 9.19. The average Bonchev–Trinajstić information content (AvgIpc) is 2.73. The summed E-state index contributed by atoms with van der Waals surface area (Å²) in [6.45, 7) is 1.35. The van der Waals surface area contributed by atoms with Gasteiger partial charge in [0.15, 0.2) is 0 Å². The van der Waals surface area contributed by atoms with E-state index >= 15 is 0 Å². The van der Waals surface area contributed by atoms with Crippen LogP contribution in [0.25, 0.3) is 5.57 Å². The lowest BCUT2D eigenvalue weighted by atomic mass is 9.92. The number of aromatic nitrogens is 1. The number of allylic oxidation sites excluding steroid dienone is 3. The summed E-state index contributed by atoms with van der Waals surface area (Å²) in [6, 6.07) is 7.16. The lowest BCUT2D eigenvalue weighted by Gasteiger charge is -2.17. The first-order valence-corrected chi connectivity index (χ1v) is 9.19. The number of rotatable bonds is 5. The Morgan fingerprint density at radius 3 is 2.65 bits per heavy atom. The van der Waals surface area contributed by atoms with E-state index in [0.717, 1.165) is 18.2 Å². The second-order valence-corrected chi connectivity index (χ2v) is 7.00. The van der Waals surface area contributed by atoms with Crippen molar-refractivity contribution in [1.29, 1.82) is 0 Å². The van der Waals surface area contributed by atoms with E-state index < -0.39 is 34.7 Å². The van der Waals surface area contributed by atoms with Crippen molar-refractivity contribution in [3.8, 4) is 0 Å². The first-order chi connectivity index (χ1) is 14.6. The summed E-state index contributed by atoms with van der Waals surface area (Å²) in [5.41, 5.74) is -0.804. The number of benzene rings is 1. The molecule has 1 amide bonds. The number of amides is 1. The normalized spacial score (nSPS) is 18.7. The van der Waals surface area contributed by atoms with Gasteiger partial charge in [-0.25, -0.2) is 4.39 Å². The Morgan fingerprint density at radius 1 is 1.23 bits per heavy atom. The summed E-state index contributed by atoms with van der Waals surface area (Å²) in [4.78, 5) is 27.2. The quantitative estimate of drug-likeness (QED) is 0.424. The van der Waals surface area contributed by atoms with E-state index in [0.29, 0.717) is 0 Å². The summed E-state index contributed by atoms with van der Waals surface area (Å²) in [5.74, 6) is -1.29. The number of pyridine rings is 1. The zero-order valence-electron chi connectivity index (χ0n) is 16.2. The van der Waals surface area contributed by atoms with Crippen molar-refractivity contribution in [2.24, 2.45) is 5.92 Å². The second-order valence-electron chi connectivity index (χ2n) is 7.00. The molecule has 31 heavy (non-hydrogen) atoms. The van der Waals surface area contributed by atoms with E-state index in [9.17, 15) is 32.5 Å². The molecule has 2 atom stereocenters. The molecule has 3 rings (SSSR count). The van der Waals surface area contributed by atoms with E-state index in [2.05, 4.69) is 10.3 Å². The van der Waals surface area contributed by atoms with Crippen molar-refractivity contribution < 1.29 is 27.3 Å². The van der Waals surface area contributed by atoms with Crippen molar-refractivity contribution in [1.82, 2.24) is 10.3 Å². The van der Waals surface area contributed by atoms with E-state index in [1.165, 1.54) is 43.5 Å². The predicted octanol–water partition coefficient (Wildman–Crippen LogP) is 4.56. The maximum Gasteiger partial charge on any atom is 0.416 e. The highest BCUT2D eigenvalue weighted by Gasteiger charge is 2.31. The lowest BCUT2D eigenvalue weighted by molar-refractivity contribution is -0.417. The zero-order valence-corrected chi connectivity index (χ0v) is 16.2. The van der Waals surface area contributed by atoms with E-state index in [1.54, 1.807) is 0 Å². The van der Waals surface area contributed by atoms with Gasteiger partial charge in [0.25, 0.3) is 11.6 Å². The number of halogens is 4. The average molecular weight is 435 g/mol. The Balaban J connectivity index is 1.79. The molecule has 1 aromatic heterocycles. The maximum atomic E-state index is 14.1. The monoisotopic (exact) mass is 435 g/mol. The van der Waals surface area contributed by atoms with Crippen LogP contribution < -0.4 is 5.32 Å². The predicted molar refractivity (Wildman–Crippen MR) is 104 cm³/mol. The highest BCUT2D eigenvalue weighted by atomic mass is 19.4. The molecule has 1 aromatic carbocycles. The van der Waals surface area contributed by atoms with Gasteiger partial charge in [-0.05, 0) is 35.9 Å². The third-order valence-electron chi connectivity index (χ3n) is 4.73. The number of nitrogens with one attached hydrogen (secondary N) is 1. The fraction of sp³-hybridized carbons (Fsp3) is 0.238. The van der Waals surface area contributed by atoms with Crippen LogP contribution >= 0.6 is 0 Å². The van der Waals surface area contributed by atoms with Gasteiger partial charge >= 0.3 is 6.18 Å². The maximum absolute atomic E-state index is 14.1. The molecule has 0 radical (unpaired) electrons. The Bertz CT molecular complexity index is 1080. The third-order valence-corrected chi connectivity index (χ3v) is 4.73. The highest BCUT2D eigenvalue weighted by Crippen LogP contribution is 2.32. The van der Waals surface area contributed by atoms with Crippen LogP contribution in [0.2, 0.25) is 0 Å². The minimum absolute atomic E-state index is 0.0388. The van der Waals surface area contributed by atoms with Gasteiger partial charge in [-0.2, -0.15) is 13.2 Å². The van der Waals surface area contributed by atoms with Crippen LogP contribution in [0.4, 0.5) is 17.6 Å². The van der Waals surface area contributed by atoms with Gasteiger partial charge < -0.3 is 5.32 Å². The molecule has 6 nitrogen and oxygen atoms in total. The first kappa shape index (κ1) is 22.1. The van der Waals surface area contributed by atoms with Gasteiger partial charge in [0.2, 0.25) is 0 Å². The summed E-state index contributed by atoms with van der Waals surface area (Å²) in [6.07, 6.45) is -2.41. The van der Waals surface area contributed by atoms with Crippen LogP contribution in [0.15, 0.2) is 60.4 Å². The van der Waals surface area contributed by atoms with Crippen molar-refractivity contribution >= 4 is 11.5 Å². The SMILES string of the molecule is CC1C=C([N+](=O)[O-])C(c2cc(C(=O)NCc3cccc(C(F)(F)F)c3)ccn2)=CC1F. The third kappa shape index (κ3) is 5.14. The van der Waals surface area contributed by atoms with Crippen LogP contribution in [-0.2, 0) is 12.7 Å². The molecule has 0 aliphatic heterocycles. The molecule has 2 unspecified atom stereocenters. The van der Waals surface area contributed by atoms with Gasteiger partial charge in [0, 0.05) is 30.3 Å². The van der Waals surface area contributed by atoms with E-state index in [1.807, 2.05) is 0 Å². The van der Waals surface area contributed by atoms with Crippen LogP contribution in [0.1, 0.15) is 34.1 Å². The molecular weight excluding hydrogens is 418 g/mol. The molecule has 1 aliphatic carbocycles. The fourth-order valence-corrected chi connectivity index (χ4v) is 3.06. The van der Waals surface area contributed by atoms with Crippen LogP contribution in [0, 0.1) is 16.0 Å². The van der Waals surface area contributed by atoms with Crippen LogP contribution in [-0.4, -0.2) is 22.0 Å². The van der Waals surface area contributed by atoms with Gasteiger partial charge in [-0.3, -0.25) is 19.9 Å². The molecule has 0 bridgehead atoms. The molecule has 1 aliphatic rings. The Morgan fingerprint density at radius 2 is 1.97 bits per heavy atom. The standard InChI is InChI=1S/C21H17F4N3O3/c1-12-7-19(28(30)31)16(10-17(12)22)18-9-14(5-6-26-18)20(29)27-11-13-3-2-4-15(8-13)21(23,24)25/h2-10,12,17H,11H2,1H3,(H,27,29). The minimum Gasteiger partial charge on any atom is -0.348 e. The molecule has 1 N–H and O–H groups in total. The van der Waals surface area contributed by atoms with Gasteiger partial charge in [-0.15, -0.1) is 0 Å². The number of hydrogen-bond donors (Lipinski definition) is 1. The molecule has 0 saturated heterocycles. The molecule has 0 fully saturated rings. The lowest BCUT2D eigenvalue weighted by Crippen LogP contribution is -2.23. The van der Waals surface area contributed by atoms with Crippen molar-refractivity contribution in [3.05, 3.63) is 92.9 Å². The van der Waals surface area contributed by atoms with Gasteiger partial charge in [0.05, 0.1) is 21.8 Å². The molecule has 162 valence electrons. The van der Waals surface area contributed by atoms with E-state index in [-0.39, 0.29) is 34.6 Å². The van der Waals surface area contributed by atoms with Crippen molar-refractivity contribution in [2.75, 3.05) is 0 Å². The second kappa shape index (κ2) is 8.66. The topological polar surface area (TPSA) is 85.1 Å². The smallest absolute Gasteiger partial charge is 0.348 e. The van der Waals surface area contributed by atoms with Crippen LogP contribution in [0.3, 0.4) is 0 Å². The number of nitro groups is 1.